The molecule has 0 aliphatic carbocycles. The topological polar surface area (TPSA) is 75.9 Å². The monoisotopic (exact) mass is 344 g/mol. The van der Waals surface area contributed by atoms with E-state index in [2.05, 4.69) is 15.1 Å². The molecule has 0 bridgehead atoms. The van der Waals surface area contributed by atoms with Gasteiger partial charge in [0.25, 0.3) is 5.78 Å². The average Bonchev–Trinajstić information content (AvgIpc) is 3.00. The summed E-state index contributed by atoms with van der Waals surface area (Å²) in [6.45, 7) is 1.59. The van der Waals surface area contributed by atoms with E-state index in [1.165, 1.54) is 11.6 Å². The van der Waals surface area contributed by atoms with Crippen molar-refractivity contribution >= 4 is 17.5 Å². The summed E-state index contributed by atoms with van der Waals surface area (Å²) in [6, 6.07) is 0.889. The van der Waals surface area contributed by atoms with Crippen LogP contribution >= 0.6 is 0 Å². The molecule has 2 aromatic heterocycles. The van der Waals surface area contributed by atoms with Gasteiger partial charge in [0.1, 0.15) is 12.1 Å². The predicted octanol–water partition coefficient (Wildman–Crippen LogP) is 0.438. The predicted molar refractivity (Wildman–Crippen MR) is 76.5 cm³/mol. The number of halogens is 3. The van der Waals surface area contributed by atoms with Crippen molar-refractivity contribution in [2.45, 2.75) is 6.18 Å². The van der Waals surface area contributed by atoms with Crippen LogP contribution in [0.1, 0.15) is 5.69 Å². The molecule has 11 heteroatoms. The molecule has 0 saturated carbocycles. The molecule has 0 atom stereocenters. The zero-order valence-corrected chi connectivity index (χ0v) is 12.8. The summed E-state index contributed by atoms with van der Waals surface area (Å²) in [5.74, 6) is -0.199. The van der Waals surface area contributed by atoms with Gasteiger partial charge in [-0.1, -0.05) is 0 Å². The number of fused-ring (bicyclic) bond motifs is 1. The van der Waals surface area contributed by atoms with E-state index in [-0.39, 0.29) is 24.0 Å². The Morgan fingerprint density at radius 1 is 1.33 bits per heavy atom. The molecule has 3 heterocycles. The van der Waals surface area contributed by atoms with E-state index in [9.17, 15) is 18.0 Å². The molecule has 3 rings (SSSR count). The minimum Gasteiger partial charge on any atom is -0.383 e. The summed E-state index contributed by atoms with van der Waals surface area (Å²) in [4.78, 5) is 22.5. The molecule has 2 aromatic rings. The number of piperazine rings is 1. The van der Waals surface area contributed by atoms with Crippen molar-refractivity contribution in [2.24, 2.45) is 0 Å². The van der Waals surface area contributed by atoms with E-state index < -0.39 is 11.9 Å². The number of alkyl halides is 3. The minimum absolute atomic E-state index is 0.0417. The molecule has 0 radical (unpaired) electrons. The zero-order chi connectivity index (χ0) is 17.3. The van der Waals surface area contributed by atoms with Crippen molar-refractivity contribution in [1.29, 1.82) is 0 Å². The molecule has 1 amide bonds. The number of ether oxygens (including phenoxy) is 1. The van der Waals surface area contributed by atoms with Gasteiger partial charge in [0.2, 0.25) is 5.91 Å². The maximum atomic E-state index is 13.0. The van der Waals surface area contributed by atoms with Crippen molar-refractivity contribution in [3.05, 3.63) is 18.1 Å². The molecule has 1 aliphatic rings. The molecular formula is C13H15F3N6O2. The highest BCUT2D eigenvalue weighted by atomic mass is 19.4. The van der Waals surface area contributed by atoms with Gasteiger partial charge >= 0.3 is 6.18 Å². The Bertz CT molecular complexity index is 747. The van der Waals surface area contributed by atoms with Gasteiger partial charge in [-0.05, 0) is 0 Å². The first-order valence-electron chi connectivity index (χ1n) is 7.20. The van der Waals surface area contributed by atoms with Gasteiger partial charge in [0, 0.05) is 32.8 Å². The average molecular weight is 344 g/mol. The fraction of sp³-hybridized carbons (Fsp3) is 0.538. The first-order chi connectivity index (χ1) is 11.4. The number of hydrogen-bond acceptors (Lipinski definition) is 6. The van der Waals surface area contributed by atoms with Gasteiger partial charge in [-0.15, -0.1) is 0 Å². The first-order valence-corrected chi connectivity index (χ1v) is 7.20. The van der Waals surface area contributed by atoms with Crippen LogP contribution in [0, 0.1) is 0 Å². The molecule has 0 N–H and O–H groups in total. The molecule has 130 valence electrons. The van der Waals surface area contributed by atoms with Crippen molar-refractivity contribution in [1.82, 2.24) is 24.5 Å². The Kier molecular flexibility index (Phi) is 4.26. The molecule has 8 nitrogen and oxygen atoms in total. The van der Waals surface area contributed by atoms with E-state index in [0.29, 0.717) is 26.2 Å². The van der Waals surface area contributed by atoms with Crippen LogP contribution in [0.3, 0.4) is 0 Å². The maximum absolute atomic E-state index is 13.0. The Morgan fingerprint density at radius 2 is 2.12 bits per heavy atom. The van der Waals surface area contributed by atoms with Crippen molar-refractivity contribution < 1.29 is 22.7 Å². The van der Waals surface area contributed by atoms with E-state index in [1.807, 2.05) is 0 Å². The van der Waals surface area contributed by atoms with Crippen LogP contribution in [0.5, 0.6) is 0 Å². The van der Waals surface area contributed by atoms with Crippen LogP contribution in [0.25, 0.3) is 5.78 Å². The van der Waals surface area contributed by atoms with Gasteiger partial charge in [-0.25, -0.2) is 4.98 Å². The van der Waals surface area contributed by atoms with Gasteiger partial charge in [0.15, 0.2) is 5.69 Å². The van der Waals surface area contributed by atoms with Gasteiger partial charge in [0.05, 0.1) is 13.2 Å². The lowest BCUT2D eigenvalue weighted by Crippen LogP contribution is -2.51. The lowest BCUT2D eigenvalue weighted by atomic mass is 10.2. The fourth-order valence-electron chi connectivity index (χ4n) is 2.51. The SMILES string of the molecule is COCCN1CCN(c2cc(C(F)(F)F)nc3ncnn23)CC1=O. The van der Waals surface area contributed by atoms with E-state index >= 15 is 0 Å². The van der Waals surface area contributed by atoms with E-state index in [4.69, 9.17) is 4.74 Å². The zero-order valence-electron chi connectivity index (χ0n) is 12.8. The third kappa shape index (κ3) is 3.11. The summed E-state index contributed by atoms with van der Waals surface area (Å²) in [5.41, 5.74) is -1.06. The third-order valence-corrected chi connectivity index (χ3v) is 3.73. The van der Waals surface area contributed by atoms with Crippen LogP contribution in [0.2, 0.25) is 0 Å². The molecule has 0 aromatic carbocycles. The normalized spacial score (nSPS) is 16.2. The number of nitrogens with zero attached hydrogens (tertiary/aromatic N) is 6. The highest BCUT2D eigenvalue weighted by molar-refractivity contribution is 5.82. The van der Waals surface area contributed by atoms with Gasteiger partial charge in [-0.2, -0.15) is 27.8 Å². The number of hydrogen-bond donors (Lipinski definition) is 0. The quantitative estimate of drug-likeness (QED) is 0.801. The second-order valence-electron chi connectivity index (χ2n) is 5.26. The van der Waals surface area contributed by atoms with Gasteiger partial charge in [-0.3, -0.25) is 4.79 Å². The van der Waals surface area contributed by atoms with Crippen molar-refractivity contribution in [2.75, 3.05) is 44.8 Å². The Labute approximate surface area is 134 Å². The number of carbonyl (C=O) groups excluding carboxylic acids is 1. The van der Waals surface area contributed by atoms with Crippen molar-refractivity contribution in [3.63, 3.8) is 0 Å². The minimum atomic E-state index is -4.60. The van der Waals surface area contributed by atoms with E-state index in [1.54, 1.807) is 9.80 Å². The first kappa shape index (κ1) is 16.4. The summed E-state index contributed by atoms with van der Waals surface area (Å²) in [5, 5.41) is 3.90. The fourth-order valence-corrected chi connectivity index (χ4v) is 2.51. The number of anilines is 1. The Morgan fingerprint density at radius 3 is 2.79 bits per heavy atom. The van der Waals surface area contributed by atoms with Gasteiger partial charge < -0.3 is 14.5 Å². The largest absolute Gasteiger partial charge is 0.433 e. The van der Waals surface area contributed by atoms with Crippen LogP contribution in [0.15, 0.2) is 12.4 Å². The molecule has 1 saturated heterocycles. The Hall–Kier alpha value is -2.43. The van der Waals surface area contributed by atoms with E-state index in [0.717, 1.165) is 12.4 Å². The summed E-state index contributed by atoms with van der Waals surface area (Å²) >= 11 is 0. The molecule has 1 aliphatic heterocycles. The second-order valence-corrected chi connectivity index (χ2v) is 5.26. The number of carbonyl (C=O) groups is 1. The van der Waals surface area contributed by atoms with Crippen LogP contribution in [-0.2, 0) is 15.7 Å². The molecule has 0 spiro atoms. The highest BCUT2D eigenvalue weighted by Gasteiger charge is 2.35. The maximum Gasteiger partial charge on any atom is 0.433 e. The lowest BCUT2D eigenvalue weighted by Gasteiger charge is -2.35. The highest BCUT2D eigenvalue weighted by Crippen LogP contribution is 2.30. The standard InChI is InChI=1S/C13H15F3N6O2/c1-24-5-4-20-2-3-21(7-11(20)23)10-6-9(13(14,15)16)19-12-17-8-18-22(10)12/h6,8H,2-5,7H2,1H3. The van der Waals surface area contributed by atoms with Crippen LogP contribution < -0.4 is 4.90 Å². The van der Waals surface area contributed by atoms with Crippen LogP contribution in [0.4, 0.5) is 19.0 Å². The molecule has 0 unspecified atom stereocenters. The molecule has 1 fully saturated rings. The number of amides is 1. The lowest BCUT2D eigenvalue weighted by molar-refractivity contribution is -0.141. The number of methoxy groups -OCH3 is 1. The second kappa shape index (κ2) is 6.23. The van der Waals surface area contributed by atoms with Crippen LogP contribution in [-0.4, -0.2) is 70.3 Å². The summed E-state index contributed by atoms with van der Waals surface area (Å²) in [6.07, 6.45) is -3.48. The molecular weight excluding hydrogens is 329 g/mol. The summed E-state index contributed by atoms with van der Waals surface area (Å²) in [7, 11) is 1.54. The van der Waals surface area contributed by atoms with Crippen molar-refractivity contribution in [3.8, 4) is 0 Å². The number of rotatable bonds is 4. The third-order valence-electron chi connectivity index (χ3n) is 3.73. The molecule has 24 heavy (non-hydrogen) atoms. The number of aromatic nitrogens is 4. The summed E-state index contributed by atoms with van der Waals surface area (Å²) < 4.78 is 45.2. The Balaban J connectivity index is 1.90. The smallest absolute Gasteiger partial charge is 0.383 e.